The first kappa shape index (κ1) is 75.2. The van der Waals surface area contributed by atoms with Crippen LogP contribution in [0.3, 0.4) is 0 Å². The maximum Gasteiger partial charge on any atom is 0.306 e. The minimum atomic E-state index is -1.62. The number of ether oxygens (including phenoxy) is 4. The highest BCUT2D eigenvalue weighted by Gasteiger charge is 2.22. The molecule has 0 amide bonds. The lowest BCUT2D eigenvalue weighted by atomic mass is 10.0. The SMILES string of the molecule is CC/C=C\C/C=C\C/C=C\C/C=C\C/C=C\C/C=C\C/C=C\C/C=C\CCCCCCCCCCCCCCCCC(=O)OC(COC(=O)CCCCCCCCCCCCCCCCC)COC(OCC[N+](C)(C)C)C(=O)[O-]. The Hall–Kier alpha value is -3.79. The van der Waals surface area contributed by atoms with E-state index in [4.69, 9.17) is 18.9 Å². The van der Waals surface area contributed by atoms with Crippen molar-refractivity contribution < 1.29 is 42.9 Å². The smallest absolute Gasteiger partial charge is 0.306 e. The van der Waals surface area contributed by atoms with Gasteiger partial charge in [-0.25, -0.2) is 0 Å². The van der Waals surface area contributed by atoms with E-state index in [2.05, 4.69) is 111 Å². The predicted octanol–water partition coefficient (Wildman–Crippen LogP) is 18.4. The van der Waals surface area contributed by atoms with Gasteiger partial charge in [0.15, 0.2) is 12.4 Å². The van der Waals surface area contributed by atoms with Gasteiger partial charge >= 0.3 is 11.9 Å². The van der Waals surface area contributed by atoms with Crippen molar-refractivity contribution in [1.29, 1.82) is 0 Å². The minimum Gasteiger partial charge on any atom is -0.545 e. The van der Waals surface area contributed by atoms with Crippen LogP contribution in [0, 0.1) is 0 Å². The molecule has 0 aliphatic heterocycles. The van der Waals surface area contributed by atoms with Crippen LogP contribution in [0.2, 0.25) is 0 Å². The number of hydrogen-bond donors (Lipinski definition) is 0. The van der Waals surface area contributed by atoms with Crippen LogP contribution in [0.25, 0.3) is 0 Å². The summed E-state index contributed by atoms with van der Waals surface area (Å²) in [5.41, 5.74) is 0. The second-order valence-electron chi connectivity index (χ2n) is 22.7. The summed E-state index contributed by atoms with van der Waals surface area (Å²) in [6, 6.07) is 0. The van der Waals surface area contributed by atoms with Gasteiger partial charge in [-0.15, -0.1) is 0 Å². The van der Waals surface area contributed by atoms with E-state index >= 15 is 0 Å². The van der Waals surface area contributed by atoms with E-state index in [-0.39, 0.29) is 32.2 Å². The number of carboxylic acids is 1. The Kier molecular flexibility index (Phi) is 57.4. The van der Waals surface area contributed by atoms with E-state index in [0.717, 1.165) is 89.9 Å². The zero-order valence-corrected chi connectivity index (χ0v) is 51.7. The fourth-order valence-corrected chi connectivity index (χ4v) is 8.91. The van der Waals surface area contributed by atoms with Crippen LogP contribution < -0.4 is 5.11 Å². The van der Waals surface area contributed by atoms with Crippen molar-refractivity contribution in [3.8, 4) is 0 Å². The summed E-state index contributed by atoms with van der Waals surface area (Å²) >= 11 is 0. The zero-order chi connectivity index (χ0) is 57.6. The lowest BCUT2D eigenvalue weighted by Gasteiger charge is -2.26. The van der Waals surface area contributed by atoms with Crippen molar-refractivity contribution in [2.24, 2.45) is 0 Å². The van der Waals surface area contributed by atoms with Gasteiger partial charge in [-0.2, -0.15) is 0 Å². The standard InChI is InChI=1S/C70H121NO8/c1-6-8-10-12-14-16-18-20-22-23-24-25-26-27-28-29-30-31-32-33-34-35-36-37-38-39-40-41-42-43-44-45-47-49-51-53-55-57-59-61-68(73)79-66(65-78-70(69(74)75)76-63-62-71(3,4)5)64-77-67(72)60-58-56-54-52-50-48-46-21-19-17-15-13-11-9-7-2/h8,10,14,16,20,22,24-25,27-28,30-31,33-34,36-37,66,70H,6-7,9,11-13,15,17-19,21,23,26,29,32,35,38-65H2,1-5H3/b10-8-,16-14-,22-20-,25-24-,28-27-,31-30-,34-33-,37-36-. The lowest BCUT2D eigenvalue weighted by molar-refractivity contribution is -0.870. The first-order valence-corrected chi connectivity index (χ1v) is 32.4. The summed E-state index contributed by atoms with van der Waals surface area (Å²) in [4.78, 5) is 37.3. The molecule has 0 saturated heterocycles. The topological polar surface area (TPSA) is 111 Å². The van der Waals surface area contributed by atoms with Gasteiger partial charge in [-0.1, -0.05) is 278 Å². The number of carbonyl (C=O) groups excluding carboxylic acids is 3. The van der Waals surface area contributed by atoms with E-state index in [1.54, 1.807) is 0 Å². The summed E-state index contributed by atoms with van der Waals surface area (Å²) < 4.78 is 22.7. The number of rotatable bonds is 59. The molecule has 454 valence electrons. The van der Waals surface area contributed by atoms with E-state index in [1.807, 2.05) is 21.1 Å². The summed E-state index contributed by atoms with van der Waals surface area (Å²) in [6.45, 7) is 4.65. The lowest BCUT2D eigenvalue weighted by Crippen LogP contribution is -2.44. The molecule has 9 heteroatoms. The predicted molar refractivity (Wildman–Crippen MR) is 334 cm³/mol. The van der Waals surface area contributed by atoms with Gasteiger partial charge in [0.1, 0.15) is 13.2 Å². The third kappa shape index (κ3) is 61.7. The van der Waals surface area contributed by atoms with Crippen LogP contribution in [-0.4, -0.2) is 82.3 Å². The first-order valence-electron chi connectivity index (χ1n) is 32.4. The number of allylic oxidation sites excluding steroid dienone is 16. The Balaban J connectivity index is 4.07. The molecule has 79 heavy (non-hydrogen) atoms. The molecule has 9 nitrogen and oxygen atoms in total. The van der Waals surface area contributed by atoms with Gasteiger partial charge in [0.2, 0.25) is 0 Å². The molecule has 0 aromatic carbocycles. The molecule has 0 fully saturated rings. The van der Waals surface area contributed by atoms with E-state index < -0.39 is 24.3 Å². The Morgan fingerprint density at radius 2 is 0.722 bits per heavy atom. The molecule has 0 N–H and O–H groups in total. The number of carbonyl (C=O) groups is 3. The van der Waals surface area contributed by atoms with E-state index in [0.29, 0.717) is 23.9 Å². The Bertz CT molecular complexity index is 1620. The average Bonchev–Trinajstić information content (AvgIpc) is 3.42. The van der Waals surface area contributed by atoms with Crippen molar-refractivity contribution in [2.45, 2.75) is 283 Å². The second kappa shape index (κ2) is 60.3. The molecule has 0 bridgehead atoms. The number of quaternary nitrogens is 1. The number of hydrogen-bond acceptors (Lipinski definition) is 8. The molecule has 0 rings (SSSR count). The second-order valence-corrected chi connectivity index (χ2v) is 22.7. The monoisotopic (exact) mass is 1100 g/mol. The van der Waals surface area contributed by atoms with Gasteiger partial charge in [-0.3, -0.25) is 9.59 Å². The van der Waals surface area contributed by atoms with Crippen molar-refractivity contribution in [3.05, 3.63) is 97.2 Å². The average molecular weight is 1100 g/mol. The number of aliphatic carboxylic acids is 1. The highest BCUT2D eigenvalue weighted by molar-refractivity contribution is 5.70. The molecule has 0 heterocycles. The van der Waals surface area contributed by atoms with Crippen LogP contribution >= 0.6 is 0 Å². The molecule has 0 aromatic heterocycles. The number of carboxylic acid groups (broad SMARTS) is 1. The third-order valence-electron chi connectivity index (χ3n) is 13.8. The van der Waals surface area contributed by atoms with Crippen molar-refractivity contribution in [1.82, 2.24) is 0 Å². The number of likely N-dealkylation sites (N-methyl/N-ethyl adjacent to an activating group) is 1. The number of esters is 2. The van der Waals surface area contributed by atoms with Crippen LogP contribution in [0.1, 0.15) is 271 Å². The molecule has 0 radical (unpaired) electrons. The number of nitrogens with zero attached hydrogens (tertiary/aromatic N) is 1. The summed E-state index contributed by atoms with van der Waals surface area (Å²) in [5, 5.41) is 11.8. The molecular formula is C70H121NO8. The highest BCUT2D eigenvalue weighted by Crippen LogP contribution is 2.17. The fraction of sp³-hybridized carbons (Fsp3) is 0.729. The Morgan fingerprint density at radius 1 is 0.392 bits per heavy atom. The molecule has 0 aliphatic carbocycles. The molecular weight excluding hydrogens is 983 g/mol. The van der Waals surface area contributed by atoms with Gasteiger partial charge in [0, 0.05) is 12.8 Å². The normalized spacial score (nSPS) is 13.4. The van der Waals surface area contributed by atoms with Gasteiger partial charge in [-0.05, 0) is 77.0 Å². The Morgan fingerprint density at radius 3 is 1.08 bits per heavy atom. The maximum absolute atomic E-state index is 12.9. The van der Waals surface area contributed by atoms with Crippen molar-refractivity contribution in [2.75, 3.05) is 47.5 Å². The van der Waals surface area contributed by atoms with Crippen molar-refractivity contribution in [3.63, 3.8) is 0 Å². The molecule has 2 unspecified atom stereocenters. The fourth-order valence-electron chi connectivity index (χ4n) is 8.91. The molecule has 2 atom stereocenters. The van der Waals surface area contributed by atoms with E-state index in [1.165, 1.54) is 148 Å². The largest absolute Gasteiger partial charge is 0.545 e. The van der Waals surface area contributed by atoms with Crippen LogP contribution in [0.4, 0.5) is 0 Å². The molecule has 0 aromatic rings. The zero-order valence-electron chi connectivity index (χ0n) is 51.7. The summed E-state index contributed by atoms with van der Waals surface area (Å²) in [7, 11) is 5.93. The summed E-state index contributed by atoms with van der Waals surface area (Å²) in [6.07, 6.45) is 79.0. The van der Waals surface area contributed by atoms with Crippen LogP contribution in [-0.2, 0) is 33.3 Å². The Labute approximate surface area is 486 Å². The van der Waals surface area contributed by atoms with Gasteiger partial charge in [0.05, 0.1) is 40.3 Å². The minimum absolute atomic E-state index is 0.146. The van der Waals surface area contributed by atoms with Gasteiger partial charge < -0.3 is 33.3 Å². The van der Waals surface area contributed by atoms with E-state index in [9.17, 15) is 19.5 Å². The van der Waals surface area contributed by atoms with Crippen LogP contribution in [0.15, 0.2) is 97.2 Å². The summed E-state index contributed by atoms with van der Waals surface area (Å²) in [5.74, 6) is -2.28. The van der Waals surface area contributed by atoms with Crippen molar-refractivity contribution >= 4 is 17.9 Å². The molecule has 0 spiro atoms. The molecule has 0 saturated carbocycles. The third-order valence-corrected chi connectivity index (χ3v) is 13.8. The first-order chi connectivity index (χ1) is 38.6. The van der Waals surface area contributed by atoms with Gasteiger partial charge in [0.25, 0.3) is 0 Å². The quantitative estimate of drug-likeness (QED) is 0.0195. The van der Waals surface area contributed by atoms with Crippen LogP contribution in [0.5, 0.6) is 0 Å². The molecule has 0 aliphatic rings. The number of unbranched alkanes of at least 4 members (excludes halogenated alkanes) is 28. The highest BCUT2D eigenvalue weighted by atomic mass is 16.7. The maximum atomic E-state index is 12.9.